The first kappa shape index (κ1) is 21.0. The van der Waals surface area contributed by atoms with Crippen molar-refractivity contribution in [3.05, 3.63) is 53.3 Å². The van der Waals surface area contributed by atoms with Gasteiger partial charge < -0.3 is 19.6 Å². The number of ether oxygens (including phenoxy) is 1. The Labute approximate surface area is 189 Å². The number of phenolic OH excluding ortho intramolecular Hbond substituents is 1. The lowest BCUT2D eigenvalue weighted by molar-refractivity contribution is 0.186. The summed E-state index contributed by atoms with van der Waals surface area (Å²) >= 11 is 0. The van der Waals surface area contributed by atoms with Crippen molar-refractivity contribution < 1.29 is 9.84 Å². The van der Waals surface area contributed by atoms with Gasteiger partial charge in [-0.3, -0.25) is 0 Å². The van der Waals surface area contributed by atoms with Crippen LogP contribution in [0, 0.1) is 0 Å². The number of aromatic hydroxyl groups is 1. The molecular weight excluding hydrogens is 400 g/mol. The van der Waals surface area contributed by atoms with Gasteiger partial charge in [-0.05, 0) is 55.8 Å². The Morgan fingerprint density at radius 3 is 2.78 bits per heavy atom. The average molecular weight is 433 g/mol. The molecule has 2 aliphatic rings. The van der Waals surface area contributed by atoms with Crippen LogP contribution in [0.25, 0.3) is 10.8 Å². The molecule has 1 fully saturated rings. The molecule has 0 spiro atoms. The van der Waals surface area contributed by atoms with Gasteiger partial charge in [0.25, 0.3) is 0 Å². The van der Waals surface area contributed by atoms with E-state index in [2.05, 4.69) is 36.8 Å². The molecule has 6 heteroatoms. The monoisotopic (exact) mass is 432 g/mol. The van der Waals surface area contributed by atoms with Crippen molar-refractivity contribution in [1.29, 1.82) is 0 Å². The van der Waals surface area contributed by atoms with Gasteiger partial charge in [-0.2, -0.15) is 9.97 Å². The molecule has 1 aromatic heterocycles. The van der Waals surface area contributed by atoms with Crippen LogP contribution in [0.2, 0.25) is 0 Å². The van der Waals surface area contributed by atoms with Crippen molar-refractivity contribution in [3.8, 4) is 11.8 Å². The molecule has 0 bridgehead atoms. The van der Waals surface area contributed by atoms with Gasteiger partial charge in [0, 0.05) is 29.7 Å². The molecule has 32 heavy (non-hydrogen) atoms. The smallest absolute Gasteiger partial charge is 0.316 e. The van der Waals surface area contributed by atoms with Crippen molar-refractivity contribution >= 4 is 16.5 Å². The molecule has 0 saturated carbocycles. The fourth-order valence-electron chi connectivity index (χ4n) is 5.08. The van der Waals surface area contributed by atoms with Crippen molar-refractivity contribution in [1.82, 2.24) is 14.9 Å². The van der Waals surface area contributed by atoms with E-state index in [1.54, 1.807) is 0 Å². The van der Waals surface area contributed by atoms with Crippen molar-refractivity contribution in [2.75, 3.05) is 31.6 Å². The molecular formula is C26H32N4O2. The van der Waals surface area contributed by atoms with E-state index >= 15 is 0 Å². The normalized spacial score (nSPS) is 19.0. The van der Waals surface area contributed by atoms with Crippen LogP contribution < -0.4 is 9.64 Å². The lowest BCUT2D eigenvalue weighted by Gasteiger charge is -2.32. The van der Waals surface area contributed by atoms with Gasteiger partial charge in [0.15, 0.2) is 0 Å². The molecule has 3 heterocycles. The zero-order chi connectivity index (χ0) is 22.2. The summed E-state index contributed by atoms with van der Waals surface area (Å²) < 4.78 is 6.13. The number of nitrogens with zero attached hydrogens (tertiary/aromatic N) is 4. The fourth-order valence-corrected chi connectivity index (χ4v) is 5.08. The number of aromatic nitrogens is 2. The first-order valence-corrected chi connectivity index (χ1v) is 11.7. The molecule has 0 radical (unpaired) electrons. The number of likely N-dealkylation sites (N-methyl/N-ethyl adjacent to an activating group) is 1. The highest BCUT2D eigenvalue weighted by Gasteiger charge is 2.26. The highest BCUT2D eigenvalue weighted by molar-refractivity contribution is 5.95. The predicted molar refractivity (Wildman–Crippen MR) is 128 cm³/mol. The van der Waals surface area contributed by atoms with E-state index in [1.165, 1.54) is 12.0 Å². The highest BCUT2D eigenvalue weighted by atomic mass is 16.5. The standard InChI is InChI=1S/C26H32N4O2/c1-17(2)25-22-10-12-30(24-14-20(31)13-18-7-4-5-9-21(18)24)15-23(22)27-26(28-25)32-16-19-8-6-11-29(19)3/h4-5,7,9,13-14,17,19,31H,6,8,10-12,15-16H2,1-3H3/t19-/m0/s1. The maximum absolute atomic E-state index is 10.3. The SMILES string of the molecule is CC(C)c1nc(OC[C@@H]2CCCN2C)nc2c1CCN(c1cc(O)cc3ccccc13)C2. The number of hydrogen-bond acceptors (Lipinski definition) is 6. The van der Waals surface area contributed by atoms with Crippen LogP contribution in [0.1, 0.15) is 49.6 Å². The van der Waals surface area contributed by atoms with Gasteiger partial charge in [0.1, 0.15) is 12.4 Å². The van der Waals surface area contributed by atoms with Crippen LogP contribution in [0.4, 0.5) is 5.69 Å². The summed E-state index contributed by atoms with van der Waals surface area (Å²) in [6.45, 7) is 7.69. The third-order valence-electron chi connectivity index (χ3n) is 6.87. The minimum Gasteiger partial charge on any atom is -0.508 e. The molecule has 1 N–H and O–H groups in total. The third kappa shape index (κ3) is 3.99. The third-order valence-corrected chi connectivity index (χ3v) is 6.87. The fraction of sp³-hybridized carbons (Fsp3) is 0.462. The number of phenols is 1. The summed E-state index contributed by atoms with van der Waals surface area (Å²) in [4.78, 5) is 14.4. The lowest BCUT2D eigenvalue weighted by atomic mass is 9.96. The van der Waals surface area contributed by atoms with Crippen LogP contribution in [0.15, 0.2) is 36.4 Å². The van der Waals surface area contributed by atoms with Gasteiger partial charge >= 0.3 is 6.01 Å². The summed E-state index contributed by atoms with van der Waals surface area (Å²) in [6.07, 6.45) is 3.27. The van der Waals surface area contributed by atoms with E-state index in [9.17, 15) is 5.11 Å². The van der Waals surface area contributed by atoms with E-state index in [-0.39, 0.29) is 0 Å². The first-order chi connectivity index (χ1) is 15.5. The van der Waals surface area contributed by atoms with E-state index in [4.69, 9.17) is 14.7 Å². The second-order valence-corrected chi connectivity index (χ2v) is 9.42. The van der Waals surface area contributed by atoms with Gasteiger partial charge in [-0.15, -0.1) is 0 Å². The Hall–Kier alpha value is -2.86. The molecule has 6 nitrogen and oxygen atoms in total. The molecule has 1 atom stereocenters. The van der Waals surface area contributed by atoms with Crippen molar-refractivity contribution in [2.45, 2.75) is 51.6 Å². The van der Waals surface area contributed by atoms with Crippen LogP contribution in [0.3, 0.4) is 0 Å². The van der Waals surface area contributed by atoms with E-state index in [0.717, 1.165) is 53.8 Å². The highest BCUT2D eigenvalue weighted by Crippen LogP contribution is 2.35. The lowest BCUT2D eigenvalue weighted by Crippen LogP contribution is -2.33. The zero-order valence-electron chi connectivity index (χ0n) is 19.2. The predicted octanol–water partition coefficient (Wildman–Crippen LogP) is 4.49. The molecule has 1 saturated heterocycles. The molecule has 5 rings (SSSR count). The molecule has 2 aromatic carbocycles. The molecule has 3 aromatic rings. The van der Waals surface area contributed by atoms with Crippen LogP contribution in [-0.2, 0) is 13.0 Å². The largest absolute Gasteiger partial charge is 0.508 e. The van der Waals surface area contributed by atoms with Crippen LogP contribution in [-0.4, -0.2) is 52.8 Å². The Morgan fingerprint density at radius 1 is 1.16 bits per heavy atom. The first-order valence-electron chi connectivity index (χ1n) is 11.7. The minimum atomic E-state index is 0.291. The van der Waals surface area contributed by atoms with Crippen LogP contribution >= 0.6 is 0 Å². The van der Waals surface area contributed by atoms with Crippen molar-refractivity contribution in [3.63, 3.8) is 0 Å². The Kier molecular flexibility index (Phi) is 5.64. The molecule has 2 aliphatic heterocycles. The summed E-state index contributed by atoms with van der Waals surface area (Å²) in [7, 11) is 2.16. The minimum absolute atomic E-state index is 0.291. The molecule has 0 amide bonds. The number of likely N-dealkylation sites (tertiary alicyclic amines) is 1. The maximum Gasteiger partial charge on any atom is 0.316 e. The molecule has 168 valence electrons. The Balaban J connectivity index is 1.46. The van der Waals surface area contributed by atoms with Crippen LogP contribution in [0.5, 0.6) is 11.8 Å². The van der Waals surface area contributed by atoms with E-state index in [1.807, 2.05) is 30.3 Å². The Morgan fingerprint density at radius 2 is 2.00 bits per heavy atom. The summed E-state index contributed by atoms with van der Waals surface area (Å²) in [5.74, 6) is 0.608. The zero-order valence-corrected chi connectivity index (χ0v) is 19.2. The topological polar surface area (TPSA) is 61.7 Å². The molecule has 0 aliphatic carbocycles. The number of fused-ring (bicyclic) bond motifs is 2. The second kappa shape index (κ2) is 8.58. The second-order valence-electron chi connectivity index (χ2n) is 9.42. The van der Waals surface area contributed by atoms with E-state index in [0.29, 0.717) is 36.9 Å². The average Bonchev–Trinajstić information content (AvgIpc) is 3.20. The van der Waals surface area contributed by atoms with E-state index < -0.39 is 0 Å². The quantitative estimate of drug-likeness (QED) is 0.641. The summed E-state index contributed by atoms with van der Waals surface area (Å²) in [5.41, 5.74) is 4.44. The number of benzene rings is 2. The number of hydrogen-bond donors (Lipinski definition) is 1. The Bertz CT molecular complexity index is 1130. The van der Waals surface area contributed by atoms with Crippen molar-refractivity contribution in [2.24, 2.45) is 0 Å². The number of rotatable bonds is 5. The van der Waals surface area contributed by atoms with Gasteiger partial charge in [-0.1, -0.05) is 38.1 Å². The number of anilines is 1. The van der Waals surface area contributed by atoms with Gasteiger partial charge in [-0.25, -0.2) is 0 Å². The summed E-state index contributed by atoms with van der Waals surface area (Å²) in [6, 6.07) is 12.8. The summed E-state index contributed by atoms with van der Waals surface area (Å²) in [5, 5.41) is 12.5. The molecule has 0 unspecified atom stereocenters. The van der Waals surface area contributed by atoms with Gasteiger partial charge in [0.2, 0.25) is 0 Å². The van der Waals surface area contributed by atoms with Gasteiger partial charge in [0.05, 0.1) is 17.9 Å². The maximum atomic E-state index is 10.3.